The molecule has 0 spiro atoms. The van der Waals surface area contributed by atoms with Crippen molar-refractivity contribution < 1.29 is 9.59 Å². The number of halogens is 1. The van der Waals surface area contributed by atoms with E-state index in [-0.39, 0.29) is 17.4 Å². The first kappa shape index (κ1) is 19.9. The molecule has 1 aromatic carbocycles. The van der Waals surface area contributed by atoms with Gasteiger partial charge < -0.3 is 15.5 Å². The van der Waals surface area contributed by atoms with E-state index in [1.54, 1.807) is 12.1 Å². The largest absolute Gasteiger partial charge is 0.354 e. The molecule has 0 aromatic heterocycles. The maximum absolute atomic E-state index is 12.1. The summed E-state index contributed by atoms with van der Waals surface area (Å²) in [5.41, 5.74) is 0.673. The second-order valence-electron chi connectivity index (χ2n) is 6.97. The van der Waals surface area contributed by atoms with Crippen molar-refractivity contribution in [2.45, 2.75) is 44.1 Å². The van der Waals surface area contributed by atoms with Crippen LogP contribution in [0.2, 0.25) is 0 Å². The molecule has 2 rings (SSSR count). The summed E-state index contributed by atoms with van der Waals surface area (Å²) in [4.78, 5) is 26.4. The van der Waals surface area contributed by atoms with Gasteiger partial charge in [-0.3, -0.25) is 9.59 Å². The summed E-state index contributed by atoms with van der Waals surface area (Å²) in [5.74, 6) is -0.166. The van der Waals surface area contributed by atoms with Gasteiger partial charge in [0.05, 0.1) is 0 Å². The molecule has 1 aliphatic rings. The van der Waals surface area contributed by atoms with E-state index in [2.05, 4.69) is 45.6 Å². The van der Waals surface area contributed by atoms with E-state index >= 15 is 0 Å². The normalized spacial score (nSPS) is 16.5. The monoisotopic (exact) mass is 409 g/mol. The molecular weight excluding hydrogens is 382 g/mol. The Hall–Kier alpha value is -1.40. The smallest absolute Gasteiger partial charge is 0.251 e. The number of carbonyl (C=O) groups excluding carboxylic acids is 2. The third kappa shape index (κ3) is 5.82. The number of benzene rings is 1. The summed E-state index contributed by atoms with van der Waals surface area (Å²) in [5, 5.41) is 5.85. The SMILES string of the molecule is CN(C)C1(CNC(=O)CCNC(=O)c2ccc(Br)cc2)CCCCC1. The van der Waals surface area contributed by atoms with Crippen LogP contribution in [0, 0.1) is 0 Å². The van der Waals surface area contributed by atoms with Crippen LogP contribution in [0.15, 0.2) is 28.7 Å². The summed E-state index contributed by atoms with van der Waals surface area (Å²) < 4.78 is 0.931. The first-order valence-electron chi connectivity index (χ1n) is 8.91. The highest BCUT2D eigenvalue weighted by Crippen LogP contribution is 2.31. The zero-order chi connectivity index (χ0) is 18.3. The summed E-state index contributed by atoms with van der Waals surface area (Å²) in [7, 11) is 4.19. The van der Waals surface area contributed by atoms with Crippen molar-refractivity contribution in [1.82, 2.24) is 15.5 Å². The van der Waals surface area contributed by atoms with Crippen LogP contribution in [0.5, 0.6) is 0 Å². The molecule has 1 saturated carbocycles. The number of nitrogens with zero attached hydrogens (tertiary/aromatic N) is 1. The van der Waals surface area contributed by atoms with E-state index in [9.17, 15) is 9.59 Å². The van der Waals surface area contributed by atoms with E-state index in [0.29, 0.717) is 25.1 Å². The van der Waals surface area contributed by atoms with Crippen LogP contribution in [-0.4, -0.2) is 49.4 Å². The predicted molar refractivity (Wildman–Crippen MR) is 104 cm³/mol. The quantitative estimate of drug-likeness (QED) is 0.727. The van der Waals surface area contributed by atoms with Crippen molar-refractivity contribution in [3.05, 3.63) is 34.3 Å². The number of hydrogen-bond acceptors (Lipinski definition) is 3. The molecule has 1 aliphatic carbocycles. The lowest BCUT2D eigenvalue weighted by atomic mass is 9.80. The van der Waals surface area contributed by atoms with Gasteiger partial charge in [-0.15, -0.1) is 0 Å². The van der Waals surface area contributed by atoms with Gasteiger partial charge in [-0.1, -0.05) is 35.2 Å². The third-order valence-electron chi connectivity index (χ3n) is 5.09. The maximum atomic E-state index is 12.1. The maximum Gasteiger partial charge on any atom is 0.251 e. The van der Waals surface area contributed by atoms with Gasteiger partial charge in [0.1, 0.15) is 0 Å². The number of rotatable bonds is 7. The Morgan fingerprint density at radius 1 is 1.08 bits per heavy atom. The van der Waals surface area contributed by atoms with Crippen LogP contribution >= 0.6 is 15.9 Å². The zero-order valence-corrected chi connectivity index (χ0v) is 16.7. The summed E-state index contributed by atoms with van der Waals surface area (Å²) in [6.07, 6.45) is 6.27. The Morgan fingerprint density at radius 3 is 2.32 bits per heavy atom. The van der Waals surface area contributed by atoms with Gasteiger partial charge in [-0.05, 0) is 51.2 Å². The standard InChI is InChI=1S/C19H28BrN3O2/c1-23(2)19(11-4-3-5-12-19)14-22-17(24)10-13-21-18(25)15-6-8-16(20)9-7-15/h6-9H,3-5,10-14H2,1-2H3,(H,21,25)(H,22,24). The van der Waals surface area contributed by atoms with Gasteiger partial charge in [-0.25, -0.2) is 0 Å². The second-order valence-corrected chi connectivity index (χ2v) is 7.88. The highest BCUT2D eigenvalue weighted by atomic mass is 79.9. The van der Waals surface area contributed by atoms with Crippen molar-refractivity contribution in [2.75, 3.05) is 27.2 Å². The molecule has 5 nitrogen and oxygen atoms in total. The van der Waals surface area contributed by atoms with Crippen LogP contribution in [-0.2, 0) is 4.79 Å². The fraction of sp³-hybridized carbons (Fsp3) is 0.579. The van der Waals surface area contributed by atoms with E-state index in [4.69, 9.17) is 0 Å². The molecule has 0 atom stereocenters. The molecule has 25 heavy (non-hydrogen) atoms. The Balaban J connectivity index is 1.73. The number of carbonyl (C=O) groups is 2. The first-order valence-corrected chi connectivity index (χ1v) is 9.70. The molecule has 1 aromatic rings. The molecule has 6 heteroatoms. The molecule has 0 unspecified atom stereocenters. The van der Waals surface area contributed by atoms with Crippen molar-refractivity contribution in [3.8, 4) is 0 Å². The lowest BCUT2D eigenvalue weighted by Gasteiger charge is -2.43. The van der Waals surface area contributed by atoms with Gasteiger partial charge >= 0.3 is 0 Å². The lowest BCUT2D eigenvalue weighted by molar-refractivity contribution is -0.121. The van der Waals surface area contributed by atoms with E-state index in [0.717, 1.165) is 17.3 Å². The van der Waals surface area contributed by atoms with Gasteiger partial charge in [-0.2, -0.15) is 0 Å². The number of likely N-dealkylation sites (N-methyl/N-ethyl adjacent to an activating group) is 1. The van der Waals surface area contributed by atoms with Crippen LogP contribution in [0.3, 0.4) is 0 Å². The fourth-order valence-electron chi connectivity index (χ4n) is 3.34. The second kappa shape index (κ2) is 9.34. The van der Waals surface area contributed by atoms with Crippen LogP contribution in [0.1, 0.15) is 48.9 Å². The minimum absolute atomic E-state index is 0.0112. The molecule has 0 heterocycles. The molecule has 1 fully saturated rings. The van der Waals surface area contributed by atoms with Gasteiger partial charge in [0, 0.05) is 35.1 Å². The summed E-state index contributed by atoms with van der Waals surface area (Å²) in [6.45, 7) is 1.02. The summed E-state index contributed by atoms with van der Waals surface area (Å²) in [6, 6.07) is 7.16. The first-order chi connectivity index (χ1) is 11.9. The highest BCUT2D eigenvalue weighted by Gasteiger charge is 2.34. The van der Waals surface area contributed by atoms with Crippen LogP contribution < -0.4 is 10.6 Å². The Bertz CT molecular complexity index is 581. The van der Waals surface area contributed by atoms with E-state index < -0.39 is 0 Å². The molecular formula is C19H28BrN3O2. The molecule has 2 amide bonds. The van der Waals surface area contributed by atoms with Gasteiger partial charge in [0.25, 0.3) is 5.91 Å². The average Bonchev–Trinajstić information content (AvgIpc) is 2.61. The van der Waals surface area contributed by atoms with Crippen LogP contribution in [0.25, 0.3) is 0 Å². The average molecular weight is 410 g/mol. The van der Waals surface area contributed by atoms with Gasteiger partial charge in [0.2, 0.25) is 5.91 Å². The van der Waals surface area contributed by atoms with Gasteiger partial charge in [0.15, 0.2) is 0 Å². The Labute approximate surface area is 158 Å². The van der Waals surface area contributed by atoms with E-state index in [1.807, 2.05) is 12.1 Å². The van der Waals surface area contributed by atoms with E-state index in [1.165, 1.54) is 19.3 Å². The van der Waals surface area contributed by atoms with Crippen molar-refractivity contribution in [1.29, 1.82) is 0 Å². The molecule has 2 N–H and O–H groups in total. The Kier molecular flexibility index (Phi) is 7.44. The number of hydrogen-bond donors (Lipinski definition) is 2. The summed E-state index contributed by atoms with van der Waals surface area (Å²) >= 11 is 3.34. The minimum Gasteiger partial charge on any atom is -0.354 e. The molecule has 0 saturated heterocycles. The number of amides is 2. The van der Waals surface area contributed by atoms with Crippen LogP contribution in [0.4, 0.5) is 0 Å². The fourth-order valence-corrected chi connectivity index (χ4v) is 3.60. The molecule has 138 valence electrons. The molecule has 0 radical (unpaired) electrons. The number of nitrogens with one attached hydrogen (secondary N) is 2. The zero-order valence-electron chi connectivity index (χ0n) is 15.1. The lowest BCUT2D eigenvalue weighted by Crippen LogP contribution is -2.54. The Morgan fingerprint density at radius 2 is 1.72 bits per heavy atom. The van der Waals surface area contributed by atoms with Crippen molar-refractivity contribution in [2.24, 2.45) is 0 Å². The predicted octanol–water partition coefficient (Wildman–Crippen LogP) is 2.95. The van der Waals surface area contributed by atoms with Crippen molar-refractivity contribution >= 4 is 27.7 Å². The van der Waals surface area contributed by atoms with Crippen molar-refractivity contribution in [3.63, 3.8) is 0 Å². The topological polar surface area (TPSA) is 61.4 Å². The minimum atomic E-state index is -0.155. The third-order valence-corrected chi connectivity index (χ3v) is 5.62. The highest BCUT2D eigenvalue weighted by molar-refractivity contribution is 9.10. The molecule has 0 bridgehead atoms. The molecule has 0 aliphatic heterocycles.